The van der Waals surface area contributed by atoms with E-state index in [1.165, 1.54) is 0 Å². The highest BCUT2D eigenvalue weighted by atomic mass is 16.7. The molecule has 4 rings (SSSR count). The van der Waals surface area contributed by atoms with Crippen LogP contribution in [0.3, 0.4) is 0 Å². The third-order valence-electron chi connectivity index (χ3n) is 4.25. The van der Waals surface area contributed by atoms with Crippen molar-refractivity contribution < 1.29 is 14.3 Å². The van der Waals surface area contributed by atoms with Crippen molar-refractivity contribution in [3.05, 3.63) is 59.2 Å². The number of allylic oxidation sites excluding steroid dienone is 5. The van der Waals surface area contributed by atoms with Crippen molar-refractivity contribution in [1.82, 2.24) is 5.32 Å². The SMILES string of the molecule is CC1=CC2=NC(=O)C(CNCc3ccc4c(c3)OCO4)=CC2C=C1. The van der Waals surface area contributed by atoms with Gasteiger partial charge >= 0.3 is 0 Å². The molecule has 2 heterocycles. The molecule has 0 bridgehead atoms. The first-order valence-corrected chi connectivity index (χ1v) is 7.98. The molecule has 0 aromatic heterocycles. The van der Waals surface area contributed by atoms with Crippen molar-refractivity contribution in [3.63, 3.8) is 0 Å². The van der Waals surface area contributed by atoms with Crippen molar-refractivity contribution >= 4 is 11.6 Å². The number of dihydropyridines is 1. The Morgan fingerprint density at radius 2 is 2.12 bits per heavy atom. The van der Waals surface area contributed by atoms with Gasteiger partial charge in [0.2, 0.25) is 6.79 Å². The molecule has 0 spiro atoms. The molecule has 1 aromatic rings. The Morgan fingerprint density at radius 1 is 1.25 bits per heavy atom. The molecule has 1 N–H and O–H groups in total. The Balaban J connectivity index is 1.38. The van der Waals surface area contributed by atoms with E-state index in [4.69, 9.17) is 9.47 Å². The molecule has 1 unspecified atom stereocenters. The number of aliphatic imine (C=N–C) groups is 1. The van der Waals surface area contributed by atoms with Crippen LogP contribution in [0.2, 0.25) is 0 Å². The Kier molecular flexibility index (Phi) is 3.78. The minimum atomic E-state index is -0.154. The van der Waals surface area contributed by atoms with Gasteiger partial charge in [-0.05, 0) is 36.3 Å². The second-order valence-electron chi connectivity index (χ2n) is 6.10. The molecule has 0 fully saturated rings. The summed E-state index contributed by atoms with van der Waals surface area (Å²) >= 11 is 0. The summed E-state index contributed by atoms with van der Waals surface area (Å²) in [5.74, 6) is 1.50. The fourth-order valence-corrected chi connectivity index (χ4v) is 2.98. The number of rotatable bonds is 4. The molecule has 1 aromatic carbocycles. The lowest BCUT2D eigenvalue weighted by atomic mass is 9.90. The first kappa shape index (κ1) is 14.9. The van der Waals surface area contributed by atoms with E-state index in [-0.39, 0.29) is 18.6 Å². The van der Waals surface area contributed by atoms with E-state index in [0.29, 0.717) is 18.7 Å². The maximum Gasteiger partial charge on any atom is 0.274 e. The van der Waals surface area contributed by atoms with E-state index in [2.05, 4.69) is 22.5 Å². The van der Waals surface area contributed by atoms with Gasteiger partial charge in [0.1, 0.15) is 0 Å². The zero-order valence-electron chi connectivity index (χ0n) is 13.4. The standard InChI is InChI=1S/C19H18N2O3/c1-12-2-4-14-8-15(19(22)21-16(14)6-12)10-20-9-13-3-5-17-18(7-13)24-11-23-17/h2-8,14,20H,9-11H2,1H3. The molecule has 24 heavy (non-hydrogen) atoms. The fourth-order valence-electron chi connectivity index (χ4n) is 2.98. The average molecular weight is 322 g/mol. The van der Waals surface area contributed by atoms with Crippen LogP contribution in [0.25, 0.3) is 0 Å². The van der Waals surface area contributed by atoms with Crippen molar-refractivity contribution in [2.24, 2.45) is 10.9 Å². The third kappa shape index (κ3) is 2.90. The van der Waals surface area contributed by atoms with Gasteiger partial charge in [-0.15, -0.1) is 0 Å². The first-order valence-electron chi connectivity index (χ1n) is 7.98. The minimum Gasteiger partial charge on any atom is -0.454 e. The van der Waals surface area contributed by atoms with E-state index >= 15 is 0 Å². The van der Waals surface area contributed by atoms with E-state index in [1.807, 2.05) is 37.3 Å². The summed E-state index contributed by atoms with van der Waals surface area (Å²) in [6.45, 7) is 3.43. The maximum absolute atomic E-state index is 12.2. The maximum atomic E-state index is 12.2. The summed E-state index contributed by atoms with van der Waals surface area (Å²) in [6.07, 6.45) is 8.11. The number of nitrogens with zero attached hydrogens (tertiary/aromatic N) is 1. The molecule has 1 atom stereocenters. The number of carbonyl (C=O) groups excluding carboxylic acids is 1. The quantitative estimate of drug-likeness (QED) is 0.925. The van der Waals surface area contributed by atoms with Crippen molar-refractivity contribution in [1.29, 1.82) is 0 Å². The molecule has 0 saturated carbocycles. The van der Waals surface area contributed by atoms with Crippen LogP contribution in [0, 0.1) is 5.92 Å². The van der Waals surface area contributed by atoms with Crippen molar-refractivity contribution in [2.45, 2.75) is 13.5 Å². The number of fused-ring (bicyclic) bond motifs is 2. The molecule has 1 amide bonds. The molecule has 5 nitrogen and oxygen atoms in total. The average Bonchev–Trinajstić information content (AvgIpc) is 3.03. The van der Waals surface area contributed by atoms with Gasteiger partial charge in [0.05, 0.1) is 5.71 Å². The summed E-state index contributed by atoms with van der Waals surface area (Å²) in [5.41, 5.74) is 3.75. The van der Waals surface area contributed by atoms with E-state index in [1.54, 1.807) is 0 Å². The summed E-state index contributed by atoms with van der Waals surface area (Å²) in [6, 6.07) is 5.85. The van der Waals surface area contributed by atoms with Crippen LogP contribution in [0.5, 0.6) is 11.5 Å². The number of hydrogen-bond donors (Lipinski definition) is 1. The predicted octanol–water partition coefficient (Wildman–Crippen LogP) is 2.54. The van der Waals surface area contributed by atoms with Gasteiger partial charge < -0.3 is 14.8 Å². The number of carbonyl (C=O) groups is 1. The summed E-state index contributed by atoms with van der Waals surface area (Å²) < 4.78 is 10.7. The van der Waals surface area contributed by atoms with Gasteiger partial charge in [0, 0.05) is 24.6 Å². The Morgan fingerprint density at radius 3 is 3.04 bits per heavy atom. The molecule has 122 valence electrons. The molecule has 3 aliphatic rings. The second-order valence-corrected chi connectivity index (χ2v) is 6.10. The lowest BCUT2D eigenvalue weighted by molar-refractivity contribution is -0.114. The summed E-state index contributed by atoms with van der Waals surface area (Å²) in [4.78, 5) is 16.4. The van der Waals surface area contributed by atoms with Crippen LogP contribution in [0.15, 0.2) is 58.6 Å². The molecule has 5 heteroatoms. The van der Waals surface area contributed by atoms with Crippen molar-refractivity contribution in [2.75, 3.05) is 13.3 Å². The number of amides is 1. The van der Waals surface area contributed by atoms with Crippen LogP contribution in [-0.4, -0.2) is 25.0 Å². The third-order valence-corrected chi connectivity index (χ3v) is 4.25. The van der Waals surface area contributed by atoms with E-state index in [0.717, 1.165) is 28.3 Å². The molecule has 0 radical (unpaired) electrons. The zero-order valence-corrected chi connectivity index (χ0v) is 13.4. The number of benzene rings is 1. The number of nitrogens with one attached hydrogen (secondary N) is 1. The van der Waals surface area contributed by atoms with Crippen LogP contribution >= 0.6 is 0 Å². The highest BCUT2D eigenvalue weighted by molar-refractivity contribution is 6.13. The molecule has 0 saturated heterocycles. The van der Waals surface area contributed by atoms with E-state index < -0.39 is 0 Å². The molecular formula is C19H18N2O3. The molecule has 2 aliphatic heterocycles. The number of ether oxygens (including phenoxy) is 2. The highest BCUT2D eigenvalue weighted by Crippen LogP contribution is 2.32. The monoisotopic (exact) mass is 322 g/mol. The Bertz CT molecular complexity index is 818. The van der Waals surface area contributed by atoms with E-state index in [9.17, 15) is 4.79 Å². The van der Waals surface area contributed by atoms with Crippen LogP contribution in [0.4, 0.5) is 0 Å². The lowest BCUT2D eigenvalue weighted by Gasteiger charge is -2.20. The summed E-state index contributed by atoms with van der Waals surface area (Å²) in [5, 5.41) is 3.30. The van der Waals surface area contributed by atoms with Crippen LogP contribution < -0.4 is 14.8 Å². The molecule has 1 aliphatic carbocycles. The van der Waals surface area contributed by atoms with Crippen molar-refractivity contribution in [3.8, 4) is 11.5 Å². The minimum absolute atomic E-state index is 0.105. The normalized spacial score (nSPS) is 21.1. The topological polar surface area (TPSA) is 59.9 Å². The zero-order chi connectivity index (χ0) is 16.5. The van der Waals surface area contributed by atoms with Gasteiger partial charge in [-0.25, -0.2) is 4.99 Å². The molecular weight excluding hydrogens is 304 g/mol. The second kappa shape index (κ2) is 6.09. The highest BCUT2D eigenvalue weighted by Gasteiger charge is 2.22. The number of hydrogen-bond acceptors (Lipinski definition) is 4. The van der Waals surface area contributed by atoms with Gasteiger partial charge in [-0.2, -0.15) is 0 Å². The predicted molar refractivity (Wildman–Crippen MR) is 91.2 cm³/mol. The van der Waals surface area contributed by atoms with Gasteiger partial charge in [0.25, 0.3) is 5.91 Å². The first-order chi connectivity index (χ1) is 11.7. The summed E-state index contributed by atoms with van der Waals surface area (Å²) in [7, 11) is 0. The van der Waals surface area contributed by atoms with Gasteiger partial charge in [-0.3, -0.25) is 4.79 Å². The smallest absolute Gasteiger partial charge is 0.274 e. The lowest BCUT2D eigenvalue weighted by Crippen LogP contribution is -2.26. The van der Waals surface area contributed by atoms with Gasteiger partial charge in [0.15, 0.2) is 11.5 Å². The van der Waals surface area contributed by atoms with Crippen LogP contribution in [0.1, 0.15) is 12.5 Å². The van der Waals surface area contributed by atoms with Gasteiger partial charge in [-0.1, -0.05) is 24.3 Å². The Hall–Kier alpha value is -2.66. The largest absolute Gasteiger partial charge is 0.454 e. The van der Waals surface area contributed by atoms with Crippen LogP contribution in [-0.2, 0) is 11.3 Å². The Labute approximate surface area is 140 Å². The fraction of sp³-hybridized carbons (Fsp3) is 0.263.